The Kier molecular flexibility index (Phi) is 5.57. The summed E-state index contributed by atoms with van der Waals surface area (Å²) in [5.41, 5.74) is 7.83. The molecule has 1 fully saturated rings. The normalized spacial score (nSPS) is 23.1. The number of ether oxygens (including phenoxy) is 1. The van der Waals surface area contributed by atoms with Crippen molar-refractivity contribution in [3.8, 4) is 5.75 Å². The van der Waals surface area contributed by atoms with Gasteiger partial charge in [0, 0.05) is 29.5 Å². The molecular formula is C17H28N2O. The quantitative estimate of drug-likeness (QED) is 0.617. The van der Waals surface area contributed by atoms with E-state index in [-0.39, 0.29) is 0 Å². The molecule has 0 bridgehead atoms. The average molecular weight is 276 g/mol. The standard InChI is InChI=1S/C17H28N2O/c1-3-9-20-17-11-14(18)10-16(12-17)19-15-6-4-5-13(2)7-8-15/h10-13,15,19H,3-9,18H2,1-2H3. The Morgan fingerprint density at radius 2 is 2.05 bits per heavy atom. The molecule has 3 N–H and O–H groups in total. The Balaban J connectivity index is 1.98. The maximum atomic E-state index is 5.97. The third-order valence-corrected chi connectivity index (χ3v) is 4.03. The predicted molar refractivity (Wildman–Crippen MR) is 86.3 cm³/mol. The molecule has 1 saturated carbocycles. The highest BCUT2D eigenvalue weighted by Gasteiger charge is 2.16. The molecule has 1 aromatic rings. The van der Waals surface area contributed by atoms with E-state index in [0.29, 0.717) is 6.04 Å². The summed E-state index contributed by atoms with van der Waals surface area (Å²) in [5, 5.41) is 3.64. The number of benzene rings is 1. The first kappa shape index (κ1) is 15.0. The first-order chi connectivity index (χ1) is 9.67. The zero-order valence-electron chi connectivity index (χ0n) is 12.8. The molecule has 2 unspecified atom stereocenters. The van der Waals surface area contributed by atoms with Gasteiger partial charge in [0.25, 0.3) is 0 Å². The van der Waals surface area contributed by atoms with Crippen LogP contribution in [-0.4, -0.2) is 12.6 Å². The fraction of sp³-hybridized carbons (Fsp3) is 0.647. The molecule has 0 radical (unpaired) electrons. The van der Waals surface area contributed by atoms with E-state index in [4.69, 9.17) is 10.5 Å². The number of hydrogen-bond acceptors (Lipinski definition) is 3. The first-order valence-electron chi connectivity index (χ1n) is 7.97. The molecule has 0 aliphatic heterocycles. The Morgan fingerprint density at radius 3 is 2.85 bits per heavy atom. The first-order valence-corrected chi connectivity index (χ1v) is 7.97. The molecule has 0 amide bonds. The maximum absolute atomic E-state index is 5.97. The number of hydrogen-bond donors (Lipinski definition) is 2. The fourth-order valence-corrected chi connectivity index (χ4v) is 2.88. The lowest BCUT2D eigenvalue weighted by Crippen LogP contribution is -2.18. The molecule has 0 aromatic heterocycles. The zero-order chi connectivity index (χ0) is 14.4. The average Bonchev–Trinajstić information content (AvgIpc) is 2.61. The molecule has 1 aromatic carbocycles. The molecule has 1 aliphatic carbocycles. The lowest BCUT2D eigenvalue weighted by molar-refractivity contribution is 0.318. The zero-order valence-corrected chi connectivity index (χ0v) is 12.8. The fourth-order valence-electron chi connectivity index (χ4n) is 2.88. The van der Waals surface area contributed by atoms with Crippen LogP contribution in [0.25, 0.3) is 0 Å². The van der Waals surface area contributed by atoms with Crippen molar-refractivity contribution in [3.63, 3.8) is 0 Å². The van der Waals surface area contributed by atoms with E-state index in [9.17, 15) is 0 Å². The van der Waals surface area contributed by atoms with Crippen LogP contribution in [0.2, 0.25) is 0 Å². The highest BCUT2D eigenvalue weighted by molar-refractivity contribution is 5.59. The van der Waals surface area contributed by atoms with Crippen LogP contribution in [0.15, 0.2) is 18.2 Å². The summed E-state index contributed by atoms with van der Waals surface area (Å²) in [6.45, 7) is 5.21. The lowest BCUT2D eigenvalue weighted by atomic mass is 10.0. The van der Waals surface area contributed by atoms with Gasteiger partial charge in [-0.3, -0.25) is 0 Å². The molecular weight excluding hydrogens is 248 g/mol. The minimum absolute atomic E-state index is 0.570. The van der Waals surface area contributed by atoms with Gasteiger partial charge in [-0.05, 0) is 37.7 Å². The maximum Gasteiger partial charge on any atom is 0.123 e. The van der Waals surface area contributed by atoms with Crippen LogP contribution in [0.3, 0.4) is 0 Å². The summed E-state index contributed by atoms with van der Waals surface area (Å²) in [4.78, 5) is 0. The van der Waals surface area contributed by atoms with E-state index in [1.165, 1.54) is 32.1 Å². The highest BCUT2D eigenvalue weighted by Crippen LogP contribution is 2.28. The van der Waals surface area contributed by atoms with Gasteiger partial charge in [0.1, 0.15) is 5.75 Å². The van der Waals surface area contributed by atoms with Crippen LogP contribution in [-0.2, 0) is 0 Å². The molecule has 3 heteroatoms. The highest BCUT2D eigenvalue weighted by atomic mass is 16.5. The molecule has 3 nitrogen and oxygen atoms in total. The van der Waals surface area contributed by atoms with Crippen molar-refractivity contribution < 1.29 is 4.74 Å². The van der Waals surface area contributed by atoms with Crippen LogP contribution in [0.1, 0.15) is 52.4 Å². The third-order valence-electron chi connectivity index (χ3n) is 4.03. The van der Waals surface area contributed by atoms with E-state index >= 15 is 0 Å². The third kappa shape index (κ3) is 4.62. The second kappa shape index (κ2) is 7.41. The van der Waals surface area contributed by atoms with Gasteiger partial charge in [0.15, 0.2) is 0 Å². The molecule has 2 atom stereocenters. The van der Waals surface area contributed by atoms with Crippen molar-refractivity contribution in [3.05, 3.63) is 18.2 Å². The van der Waals surface area contributed by atoms with Crippen LogP contribution in [0.5, 0.6) is 5.75 Å². The van der Waals surface area contributed by atoms with E-state index in [2.05, 4.69) is 25.2 Å². The lowest BCUT2D eigenvalue weighted by Gasteiger charge is -2.19. The van der Waals surface area contributed by atoms with Gasteiger partial charge >= 0.3 is 0 Å². The van der Waals surface area contributed by atoms with Gasteiger partial charge in [-0.2, -0.15) is 0 Å². The molecule has 2 rings (SSSR count). The van der Waals surface area contributed by atoms with Gasteiger partial charge in [-0.15, -0.1) is 0 Å². The largest absolute Gasteiger partial charge is 0.493 e. The van der Waals surface area contributed by atoms with Gasteiger partial charge in [-0.1, -0.05) is 26.7 Å². The molecule has 1 aliphatic rings. The summed E-state index contributed by atoms with van der Waals surface area (Å²) in [7, 11) is 0. The molecule has 0 heterocycles. The second-order valence-electron chi connectivity index (χ2n) is 6.09. The van der Waals surface area contributed by atoms with E-state index < -0.39 is 0 Å². The van der Waals surface area contributed by atoms with Crippen LogP contribution in [0.4, 0.5) is 11.4 Å². The Labute approximate surface area is 122 Å². The smallest absolute Gasteiger partial charge is 0.123 e. The predicted octanol–water partition coefficient (Wildman–Crippen LogP) is 4.44. The summed E-state index contributed by atoms with van der Waals surface area (Å²) < 4.78 is 5.69. The summed E-state index contributed by atoms with van der Waals surface area (Å²) in [5.74, 6) is 1.74. The summed E-state index contributed by atoms with van der Waals surface area (Å²) in [6, 6.07) is 6.55. The van der Waals surface area contributed by atoms with Crippen molar-refractivity contribution in [1.29, 1.82) is 0 Å². The van der Waals surface area contributed by atoms with E-state index in [1.54, 1.807) is 0 Å². The molecule has 20 heavy (non-hydrogen) atoms. The van der Waals surface area contributed by atoms with E-state index in [1.807, 2.05) is 12.1 Å². The van der Waals surface area contributed by atoms with Crippen molar-refractivity contribution in [2.24, 2.45) is 5.92 Å². The Morgan fingerprint density at radius 1 is 1.20 bits per heavy atom. The second-order valence-corrected chi connectivity index (χ2v) is 6.09. The molecule has 0 saturated heterocycles. The van der Waals surface area contributed by atoms with E-state index in [0.717, 1.165) is 36.1 Å². The SMILES string of the molecule is CCCOc1cc(N)cc(NC2CCCC(C)CC2)c1. The minimum atomic E-state index is 0.570. The number of nitrogens with one attached hydrogen (secondary N) is 1. The molecule has 112 valence electrons. The van der Waals surface area contributed by atoms with Gasteiger partial charge in [0.2, 0.25) is 0 Å². The summed E-state index contributed by atoms with van der Waals surface area (Å²) in [6.07, 6.45) is 7.52. The van der Waals surface area contributed by atoms with Crippen LogP contribution in [0, 0.1) is 5.92 Å². The monoisotopic (exact) mass is 276 g/mol. The van der Waals surface area contributed by atoms with Crippen molar-refractivity contribution >= 4 is 11.4 Å². The number of anilines is 2. The van der Waals surface area contributed by atoms with Crippen LogP contribution < -0.4 is 15.8 Å². The van der Waals surface area contributed by atoms with Gasteiger partial charge in [-0.25, -0.2) is 0 Å². The minimum Gasteiger partial charge on any atom is -0.493 e. The van der Waals surface area contributed by atoms with Crippen molar-refractivity contribution in [1.82, 2.24) is 0 Å². The molecule has 0 spiro atoms. The number of nitrogen functional groups attached to an aromatic ring is 1. The van der Waals surface area contributed by atoms with Gasteiger partial charge in [0.05, 0.1) is 6.61 Å². The van der Waals surface area contributed by atoms with Crippen molar-refractivity contribution in [2.75, 3.05) is 17.7 Å². The number of rotatable bonds is 5. The summed E-state index contributed by atoms with van der Waals surface area (Å²) >= 11 is 0. The van der Waals surface area contributed by atoms with Gasteiger partial charge < -0.3 is 15.8 Å². The Hall–Kier alpha value is -1.38. The topological polar surface area (TPSA) is 47.3 Å². The van der Waals surface area contributed by atoms with Crippen molar-refractivity contribution in [2.45, 2.75) is 58.4 Å². The van der Waals surface area contributed by atoms with Crippen LogP contribution >= 0.6 is 0 Å². The Bertz CT molecular complexity index is 419. The number of nitrogens with two attached hydrogens (primary N) is 1.